The summed E-state index contributed by atoms with van der Waals surface area (Å²) in [5, 5.41) is 0. The summed E-state index contributed by atoms with van der Waals surface area (Å²) in [6.07, 6.45) is 0. The van der Waals surface area contributed by atoms with Crippen LogP contribution in [0, 0.1) is 13.8 Å². The number of methoxy groups -OCH3 is 4. The Morgan fingerprint density at radius 3 is 1.19 bits per heavy atom. The van der Waals surface area contributed by atoms with E-state index in [0.29, 0.717) is 22.6 Å². The fourth-order valence-corrected chi connectivity index (χ4v) is 2.97. The first-order chi connectivity index (χ1) is 15.2. The number of esters is 4. The summed E-state index contributed by atoms with van der Waals surface area (Å²) in [7, 11) is 5.60. The van der Waals surface area contributed by atoms with Gasteiger partial charge in [-0.3, -0.25) is 0 Å². The molecule has 0 spiro atoms. The van der Waals surface area contributed by atoms with Gasteiger partial charge in [0, 0.05) is 11.1 Å². The van der Waals surface area contributed by atoms with Crippen LogP contribution in [0.15, 0.2) is 24.3 Å². The highest BCUT2D eigenvalue weighted by molar-refractivity contribution is 6.34. The van der Waals surface area contributed by atoms with Crippen LogP contribution in [-0.4, -0.2) is 52.3 Å². The number of hydrogen-bond acceptors (Lipinski definition) is 10. The molecule has 0 amide bonds. The monoisotopic (exact) mass is 446 g/mol. The molecule has 0 radical (unpaired) electrons. The summed E-state index contributed by atoms with van der Waals surface area (Å²) in [6, 6.07) is 5.56. The molecule has 0 saturated heterocycles. The van der Waals surface area contributed by atoms with Gasteiger partial charge in [-0.05, 0) is 38.1 Å². The van der Waals surface area contributed by atoms with Crippen LogP contribution < -0.4 is 18.9 Å². The van der Waals surface area contributed by atoms with E-state index in [1.165, 1.54) is 52.7 Å². The molecule has 0 N–H and O–H groups in total. The van der Waals surface area contributed by atoms with Crippen LogP contribution in [0.3, 0.4) is 0 Å². The van der Waals surface area contributed by atoms with E-state index in [9.17, 15) is 19.2 Å². The fraction of sp³-hybridized carbons (Fsp3) is 0.273. The molecule has 0 unspecified atom stereocenters. The minimum atomic E-state index is -1.66. The summed E-state index contributed by atoms with van der Waals surface area (Å²) in [6.45, 7) is 3.09. The molecule has 32 heavy (non-hydrogen) atoms. The Kier molecular flexibility index (Phi) is 7.78. The maximum Gasteiger partial charge on any atom is 0.425 e. The summed E-state index contributed by atoms with van der Waals surface area (Å²) in [5.74, 6) is -4.31. The smallest absolute Gasteiger partial charge is 0.425 e. The lowest BCUT2D eigenvalue weighted by molar-refractivity contribution is -0.160. The van der Waals surface area contributed by atoms with Gasteiger partial charge in [0.25, 0.3) is 0 Å². The van der Waals surface area contributed by atoms with Gasteiger partial charge >= 0.3 is 23.9 Å². The topological polar surface area (TPSA) is 124 Å². The van der Waals surface area contributed by atoms with Gasteiger partial charge in [-0.1, -0.05) is 0 Å². The predicted octanol–water partition coefficient (Wildman–Crippen LogP) is 2.40. The Hall–Kier alpha value is -4.08. The van der Waals surface area contributed by atoms with Crippen LogP contribution in [-0.2, 0) is 19.1 Å². The van der Waals surface area contributed by atoms with Gasteiger partial charge in [0.2, 0.25) is 0 Å². The lowest BCUT2D eigenvalue weighted by Crippen LogP contribution is -2.26. The van der Waals surface area contributed by atoms with Crippen LogP contribution in [0.5, 0.6) is 23.0 Å². The summed E-state index contributed by atoms with van der Waals surface area (Å²) in [4.78, 5) is 48.7. The quantitative estimate of drug-likeness (QED) is 0.371. The number of carbonyl (C=O) groups excluding carboxylic acids is 4. The van der Waals surface area contributed by atoms with Crippen molar-refractivity contribution in [2.75, 3.05) is 28.4 Å². The van der Waals surface area contributed by atoms with Gasteiger partial charge in [-0.25, -0.2) is 19.2 Å². The summed E-state index contributed by atoms with van der Waals surface area (Å²) in [5.41, 5.74) is 0.585. The standard InChI is InChI=1S/C22H22O10/c1-11-13(7-9-15(27-3)17(11)29-5)19(23)31-21(25)22(26)32-20(24)14-8-10-16(28-4)18(30-6)12(14)2/h7-10H,1-6H3. The van der Waals surface area contributed by atoms with Gasteiger partial charge in [0.15, 0.2) is 23.0 Å². The molecule has 0 fully saturated rings. The van der Waals surface area contributed by atoms with Crippen molar-refractivity contribution in [2.45, 2.75) is 13.8 Å². The number of rotatable bonds is 6. The zero-order valence-corrected chi connectivity index (χ0v) is 18.4. The third-order valence-electron chi connectivity index (χ3n) is 4.56. The van der Waals surface area contributed by atoms with E-state index in [1.807, 2.05) is 0 Å². The van der Waals surface area contributed by atoms with Gasteiger partial charge in [-0.2, -0.15) is 0 Å². The van der Waals surface area contributed by atoms with E-state index in [0.717, 1.165) is 0 Å². The minimum Gasteiger partial charge on any atom is -0.493 e. The highest BCUT2D eigenvalue weighted by atomic mass is 16.6. The molecule has 0 aromatic heterocycles. The Balaban J connectivity index is 2.15. The van der Waals surface area contributed by atoms with Crippen LogP contribution in [0.25, 0.3) is 0 Å². The molecule has 0 bridgehead atoms. The number of benzene rings is 2. The van der Waals surface area contributed by atoms with E-state index < -0.39 is 23.9 Å². The SMILES string of the molecule is COc1ccc(C(=O)OC(=O)C(=O)OC(=O)c2ccc(OC)c(OC)c2C)c(C)c1OC. The van der Waals surface area contributed by atoms with Gasteiger partial charge < -0.3 is 28.4 Å². The first kappa shape index (κ1) is 24.2. The minimum absolute atomic E-state index is 0.0362. The third-order valence-corrected chi connectivity index (χ3v) is 4.56. The normalized spacial score (nSPS) is 10.1. The Morgan fingerprint density at radius 2 is 0.906 bits per heavy atom. The zero-order valence-electron chi connectivity index (χ0n) is 18.4. The zero-order chi connectivity index (χ0) is 24.0. The molecule has 0 atom stereocenters. The van der Waals surface area contributed by atoms with Crippen molar-refractivity contribution in [3.8, 4) is 23.0 Å². The molecule has 0 aliphatic carbocycles. The largest absolute Gasteiger partial charge is 0.493 e. The Labute approximate surface area is 183 Å². The molecule has 10 nitrogen and oxygen atoms in total. The first-order valence-corrected chi connectivity index (χ1v) is 9.15. The van der Waals surface area contributed by atoms with E-state index in [2.05, 4.69) is 9.47 Å². The molecule has 0 aliphatic heterocycles. The molecule has 0 saturated carbocycles. The van der Waals surface area contributed by atoms with Crippen molar-refractivity contribution in [3.05, 3.63) is 46.5 Å². The van der Waals surface area contributed by atoms with E-state index >= 15 is 0 Å². The summed E-state index contributed by atoms with van der Waals surface area (Å²) >= 11 is 0. The second-order valence-electron chi connectivity index (χ2n) is 6.30. The van der Waals surface area contributed by atoms with Crippen molar-refractivity contribution in [1.82, 2.24) is 0 Å². The van der Waals surface area contributed by atoms with E-state index in [1.54, 1.807) is 13.8 Å². The second kappa shape index (κ2) is 10.3. The van der Waals surface area contributed by atoms with Crippen LogP contribution in [0.1, 0.15) is 31.8 Å². The molecule has 0 aliphatic rings. The molecular weight excluding hydrogens is 424 g/mol. The second-order valence-corrected chi connectivity index (χ2v) is 6.30. The van der Waals surface area contributed by atoms with Crippen molar-refractivity contribution in [2.24, 2.45) is 0 Å². The average molecular weight is 446 g/mol. The van der Waals surface area contributed by atoms with Crippen molar-refractivity contribution in [1.29, 1.82) is 0 Å². The van der Waals surface area contributed by atoms with E-state index in [4.69, 9.17) is 18.9 Å². The summed E-state index contributed by atoms with van der Waals surface area (Å²) < 4.78 is 29.7. The lowest BCUT2D eigenvalue weighted by Gasteiger charge is -2.13. The van der Waals surface area contributed by atoms with E-state index in [-0.39, 0.29) is 22.6 Å². The maximum atomic E-state index is 12.3. The molecule has 0 heterocycles. The first-order valence-electron chi connectivity index (χ1n) is 9.15. The van der Waals surface area contributed by atoms with Gasteiger partial charge in [0.1, 0.15) is 0 Å². The number of ether oxygens (including phenoxy) is 6. The van der Waals surface area contributed by atoms with Gasteiger partial charge in [-0.15, -0.1) is 0 Å². The Morgan fingerprint density at radius 1 is 0.562 bits per heavy atom. The van der Waals surface area contributed by atoms with Crippen LogP contribution in [0.2, 0.25) is 0 Å². The highest BCUT2D eigenvalue weighted by Crippen LogP contribution is 2.34. The molecule has 10 heteroatoms. The maximum absolute atomic E-state index is 12.3. The average Bonchev–Trinajstić information content (AvgIpc) is 2.77. The molecule has 2 rings (SSSR count). The molecular formula is C22H22O10. The molecule has 170 valence electrons. The molecule has 2 aromatic rings. The van der Waals surface area contributed by atoms with Crippen LogP contribution >= 0.6 is 0 Å². The Bertz CT molecular complexity index is 985. The van der Waals surface area contributed by atoms with Crippen molar-refractivity contribution >= 4 is 23.9 Å². The van der Waals surface area contributed by atoms with Crippen molar-refractivity contribution in [3.63, 3.8) is 0 Å². The fourth-order valence-electron chi connectivity index (χ4n) is 2.97. The lowest BCUT2D eigenvalue weighted by atomic mass is 10.1. The number of hydrogen-bond donors (Lipinski definition) is 0. The third kappa shape index (κ3) is 4.80. The van der Waals surface area contributed by atoms with Crippen LogP contribution in [0.4, 0.5) is 0 Å². The molecule has 2 aromatic carbocycles. The highest BCUT2D eigenvalue weighted by Gasteiger charge is 2.28. The van der Waals surface area contributed by atoms with Crippen molar-refractivity contribution < 1.29 is 47.6 Å². The predicted molar refractivity (Wildman–Crippen MR) is 109 cm³/mol. The number of carbonyl (C=O) groups is 4. The van der Waals surface area contributed by atoms with Gasteiger partial charge in [0.05, 0.1) is 39.6 Å².